The molecule has 0 N–H and O–H groups in total. The van der Waals surface area contributed by atoms with Crippen molar-refractivity contribution >= 4 is 12.0 Å². The number of imidazole rings is 1. The number of nitrogens with zero attached hydrogens (tertiary/aromatic N) is 3. The van der Waals surface area contributed by atoms with Crippen LogP contribution in [-0.4, -0.2) is 40.1 Å². The highest BCUT2D eigenvalue weighted by atomic mass is 19.2. The van der Waals surface area contributed by atoms with Crippen molar-refractivity contribution in [1.82, 2.24) is 14.5 Å². The number of ether oxygens (including phenoxy) is 2. The molecule has 0 saturated carbocycles. The van der Waals surface area contributed by atoms with Crippen molar-refractivity contribution in [3.8, 4) is 11.4 Å². The van der Waals surface area contributed by atoms with Crippen LogP contribution in [0.3, 0.4) is 0 Å². The summed E-state index contributed by atoms with van der Waals surface area (Å²) in [4.78, 5) is 18.6. The minimum atomic E-state index is -1.54. The van der Waals surface area contributed by atoms with E-state index < -0.39 is 23.4 Å². The minimum Gasteiger partial charge on any atom is -0.495 e. The second-order valence-corrected chi connectivity index (χ2v) is 7.85. The van der Waals surface area contributed by atoms with E-state index in [0.717, 1.165) is 23.5 Å². The van der Waals surface area contributed by atoms with Crippen LogP contribution in [0.15, 0.2) is 48.6 Å². The maximum atomic E-state index is 13.6. The number of morpholine rings is 1. The van der Waals surface area contributed by atoms with Gasteiger partial charge in [-0.15, -0.1) is 0 Å². The molecule has 33 heavy (non-hydrogen) atoms. The van der Waals surface area contributed by atoms with E-state index in [4.69, 9.17) is 9.47 Å². The van der Waals surface area contributed by atoms with Gasteiger partial charge in [-0.1, -0.05) is 6.07 Å². The smallest absolute Gasteiger partial charge is 0.289 e. The first-order valence-electron chi connectivity index (χ1n) is 10.2. The van der Waals surface area contributed by atoms with Gasteiger partial charge in [-0.2, -0.15) is 0 Å². The van der Waals surface area contributed by atoms with Gasteiger partial charge in [0.25, 0.3) is 5.91 Å². The molecule has 0 aliphatic carbocycles. The molecule has 1 atom stereocenters. The number of carbonyl (C=O) groups excluding carboxylic acids is 1. The van der Waals surface area contributed by atoms with Crippen LogP contribution in [0.4, 0.5) is 13.2 Å². The molecule has 0 radical (unpaired) electrons. The lowest BCUT2D eigenvalue weighted by Gasteiger charge is -2.33. The fraction of sp³-hybridized carbons (Fsp3) is 0.250. The van der Waals surface area contributed by atoms with Crippen molar-refractivity contribution < 1.29 is 27.4 Å². The largest absolute Gasteiger partial charge is 0.495 e. The number of aryl methyl sites for hydroxylation is 1. The van der Waals surface area contributed by atoms with Crippen molar-refractivity contribution in [3.05, 3.63) is 82.9 Å². The van der Waals surface area contributed by atoms with Gasteiger partial charge in [0.05, 0.1) is 31.4 Å². The number of halogens is 3. The van der Waals surface area contributed by atoms with Gasteiger partial charge in [0.2, 0.25) is 0 Å². The second-order valence-electron chi connectivity index (χ2n) is 7.85. The lowest BCUT2D eigenvalue weighted by Crippen LogP contribution is -2.43. The molecule has 4 rings (SSSR count). The summed E-state index contributed by atoms with van der Waals surface area (Å²) in [6, 6.07) is 7.19. The van der Waals surface area contributed by atoms with Crippen LogP contribution >= 0.6 is 0 Å². The van der Waals surface area contributed by atoms with E-state index in [1.165, 1.54) is 4.90 Å². The standard InChI is InChI=1S/C24H22F3N3O3/c1-14-10-30(13-28-14)20-5-4-16(8-21(20)32-3)9-22-24(31)29(11-15(2)33-22)12-17-6-18(25)23(27)19(26)7-17/h4-10,13,15H,11-12H2,1-3H3/t15-/m1/s1. The third-order valence-corrected chi connectivity index (χ3v) is 5.21. The maximum absolute atomic E-state index is 13.6. The van der Waals surface area contributed by atoms with Gasteiger partial charge >= 0.3 is 0 Å². The molecule has 2 aromatic carbocycles. The van der Waals surface area contributed by atoms with Crippen molar-refractivity contribution in [2.24, 2.45) is 0 Å². The Hall–Kier alpha value is -3.75. The summed E-state index contributed by atoms with van der Waals surface area (Å²) in [7, 11) is 1.55. The average Bonchev–Trinajstić information content (AvgIpc) is 3.21. The monoisotopic (exact) mass is 457 g/mol. The van der Waals surface area contributed by atoms with Crippen LogP contribution in [0.25, 0.3) is 11.8 Å². The Morgan fingerprint density at radius 3 is 2.58 bits per heavy atom. The van der Waals surface area contributed by atoms with E-state index in [-0.39, 0.29) is 30.5 Å². The van der Waals surface area contributed by atoms with Crippen molar-refractivity contribution in [2.75, 3.05) is 13.7 Å². The maximum Gasteiger partial charge on any atom is 0.289 e. The molecule has 1 aliphatic heterocycles. The lowest BCUT2D eigenvalue weighted by atomic mass is 10.1. The molecule has 1 fully saturated rings. The first-order chi connectivity index (χ1) is 15.7. The topological polar surface area (TPSA) is 56.6 Å². The van der Waals surface area contributed by atoms with E-state index in [0.29, 0.717) is 11.3 Å². The Bertz CT molecular complexity index is 1220. The highest BCUT2D eigenvalue weighted by molar-refractivity contribution is 5.96. The van der Waals surface area contributed by atoms with Gasteiger partial charge in [0.15, 0.2) is 23.2 Å². The summed E-state index contributed by atoms with van der Waals surface area (Å²) in [5.74, 6) is -3.90. The van der Waals surface area contributed by atoms with E-state index in [1.807, 2.05) is 29.8 Å². The van der Waals surface area contributed by atoms with Gasteiger partial charge in [0, 0.05) is 12.7 Å². The van der Waals surface area contributed by atoms with E-state index in [9.17, 15) is 18.0 Å². The molecule has 1 saturated heterocycles. The Labute approximate surface area is 188 Å². The fourth-order valence-electron chi connectivity index (χ4n) is 3.71. The van der Waals surface area contributed by atoms with Crippen molar-refractivity contribution in [3.63, 3.8) is 0 Å². The molecule has 0 bridgehead atoms. The predicted molar refractivity (Wildman–Crippen MR) is 115 cm³/mol. The first-order valence-corrected chi connectivity index (χ1v) is 10.2. The van der Waals surface area contributed by atoms with Gasteiger partial charge < -0.3 is 18.9 Å². The third kappa shape index (κ3) is 4.72. The quantitative estimate of drug-likeness (QED) is 0.421. The van der Waals surface area contributed by atoms with Gasteiger partial charge in [-0.3, -0.25) is 4.79 Å². The molecule has 0 spiro atoms. The summed E-state index contributed by atoms with van der Waals surface area (Å²) in [6.45, 7) is 3.80. The van der Waals surface area contributed by atoms with Crippen LogP contribution in [0.5, 0.6) is 5.75 Å². The SMILES string of the molecule is COc1cc(C=C2O[C@H](C)CN(Cc3cc(F)c(F)c(F)c3)C2=O)ccc1-n1cnc(C)c1. The Balaban J connectivity index is 1.60. The minimum absolute atomic E-state index is 0.0831. The Morgan fingerprint density at radius 1 is 1.21 bits per heavy atom. The molecule has 9 heteroatoms. The molecule has 6 nitrogen and oxygen atoms in total. The van der Waals surface area contributed by atoms with E-state index >= 15 is 0 Å². The molecule has 172 valence electrons. The fourth-order valence-corrected chi connectivity index (χ4v) is 3.71. The molecule has 1 amide bonds. The number of amides is 1. The average molecular weight is 457 g/mol. The number of aromatic nitrogens is 2. The van der Waals surface area contributed by atoms with Crippen LogP contribution in [0.1, 0.15) is 23.7 Å². The van der Waals surface area contributed by atoms with Crippen molar-refractivity contribution in [2.45, 2.75) is 26.5 Å². The summed E-state index contributed by atoms with van der Waals surface area (Å²) >= 11 is 0. The summed E-state index contributed by atoms with van der Waals surface area (Å²) < 4.78 is 53.5. The Kier molecular flexibility index (Phi) is 6.13. The first kappa shape index (κ1) is 22.4. The zero-order chi connectivity index (χ0) is 23.7. The number of rotatable bonds is 5. The van der Waals surface area contributed by atoms with Gasteiger partial charge in [-0.05, 0) is 55.3 Å². The molecule has 1 aliphatic rings. The van der Waals surface area contributed by atoms with Crippen LogP contribution in [0, 0.1) is 24.4 Å². The van der Waals surface area contributed by atoms with E-state index in [2.05, 4.69) is 4.98 Å². The number of hydrogen-bond acceptors (Lipinski definition) is 4. The highest BCUT2D eigenvalue weighted by Gasteiger charge is 2.29. The molecular formula is C24H22F3N3O3. The zero-order valence-corrected chi connectivity index (χ0v) is 18.3. The van der Waals surface area contributed by atoms with Gasteiger partial charge in [-0.25, -0.2) is 18.2 Å². The van der Waals surface area contributed by atoms with Gasteiger partial charge in [0.1, 0.15) is 11.9 Å². The Morgan fingerprint density at radius 2 is 1.94 bits per heavy atom. The van der Waals surface area contributed by atoms with Crippen LogP contribution in [-0.2, 0) is 16.1 Å². The molecular weight excluding hydrogens is 435 g/mol. The summed E-state index contributed by atoms with van der Waals surface area (Å²) in [5, 5.41) is 0. The summed E-state index contributed by atoms with van der Waals surface area (Å²) in [5.41, 5.74) is 2.46. The number of methoxy groups -OCH3 is 1. The molecule has 0 unspecified atom stereocenters. The van der Waals surface area contributed by atoms with Crippen LogP contribution < -0.4 is 4.74 Å². The van der Waals surface area contributed by atoms with E-state index in [1.54, 1.807) is 32.5 Å². The molecule has 1 aromatic heterocycles. The second kappa shape index (κ2) is 9.01. The van der Waals surface area contributed by atoms with Crippen LogP contribution in [0.2, 0.25) is 0 Å². The lowest BCUT2D eigenvalue weighted by molar-refractivity contribution is -0.139. The number of hydrogen-bond donors (Lipinski definition) is 0. The molecule has 3 aromatic rings. The normalized spacial score (nSPS) is 17.4. The number of benzene rings is 2. The zero-order valence-electron chi connectivity index (χ0n) is 18.3. The third-order valence-electron chi connectivity index (χ3n) is 5.21. The number of carbonyl (C=O) groups is 1. The molecule has 2 heterocycles. The predicted octanol–water partition coefficient (Wildman–Crippen LogP) is 4.40. The highest BCUT2D eigenvalue weighted by Crippen LogP contribution is 2.27. The van der Waals surface area contributed by atoms with Crippen molar-refractivity contribution in [1.29, 1.82) is 0 Å². The summed E-state index contributed by atoms with van der Waals surface area (Å²) in [6.07, 6.45) is 4.78.